The number of benzene rings is 2. The zero-order valence-electron chi connectivity index (χ0n) is 22.5. The molecule has 1 fully saturated rings. The first kappa shape index (κ1) is 31.7. The number of nitrogens with one attached hydrogen (secondary N) is 1. The predicted octanol–water partition coefficient (Wildman–Crippen LogP) is 3.21. The van der Waals surface area contributed by atoms with E-state index < -0.39 is 70.5 Å². The van der Waals surface area contributed by atoms with Crippen LogP contribution in [0, 0.1) is 26.1 Å². The highest BCUT2D eigenvalue weighted by Gasteiger charge is 2.54. The van der Waals surface area contributed by atoms with Crippen molar-refractivity contribution in [2.45, 2.75) is 51.1 Å². The number of rotatable bonds is 13. The average Bonchev–Trinajstić information content (AvgIpc) is 2.94. The maximum absolute atomic E-state index is 13.1. The second-order valence-electron chi connectivity index (χ2n) is 9.19. The Morgan fingerprint density at radius 1 is 0.952 bits per heavy atom. The third kappa shape index (κ3) is 7.69. The van der Waals surface area contributed by atoms with Gasteiger partial charge in [0.15, 0.2) is 0 Å². The van der Waals surface area contributed by atoms with E-state index in [-0.39, 0.29) is 35.5 Å². The van der Waals surface area contributed by atoms with E-state index >= 15 is 0 Å². The summed E-state index contributed by atoms with van der Waals surface area (Å²) in [5, 5.41) is 24.9. The number of para-hydroxylation sites is 2. The zero-order valence-corrected chi connectivity index (χ0v) is 23.2. The zero-order chi connectivity index (χ0) is 31.0. The van der Waals surface area contributed by atoms with Crippen LogP contribution in [0.3, 0.4) is 0 Å². The first-order valence-corrected chi connectivity index (χ1v) is 13.0. The molecule has 16 heteroatoms. The molecule has 42 heavy (non-hydrogen) atoms. The van der Waals surface area contributed by atoms with Gasteiger partial charge in [0.25, 0.3) is 11.4 Å². The van der Waals surface area contributed by atoms with Crippen LogP contribution >= 0.6 is 11.6 Å². The van der Waals surface area contributed by atoms with Gasteiger partial charge in [-0.2, -0.15) is 0 Å². The van der Waals surface area contributed by atoms with Crippen LogP contribution in [-0.4, -0.2) is 62.9 Å². The molecule has 0 aliphatic carbocycles. The molecule has 2 unspecified atom stereocenters. The molecule has 2 aromatic carbocycles. The largest absolute Gasteiger partial charge is 0.466 e. The van der Waals surface area contributed by atoms with Crippen LogP contribution in [0.4, 0.5) is 16.2 Å². The summed E-state index contributed by atoms with van der Waals surface area (Å²) in [6, 6.07) is 9.74. The number of hydrogen-bond acceptors (Lipinski definition) is 11. The Bertz CT molecular complexity index is 1370. The summed E-state index contributed by atoms with van der Waals surface area (Å²) in [7, 11) is 0. The van der Waals surface area contributed by atoms with Gasteiger partial charge >= 0.3 is 18.0 Å². The van der Waals surface area contributed by atoms with Gasteiger partial charge in [0.1, 0.15) is 13.2 Å². The summed E-state index contributed by atoms with van der Waals surface area (Å²) < 4.78 is 15.2. The van der Waals surface area contributed by atoms with Crippen molar-refractivity contribution in [2.24, 2.45) is 5.92 Å². The molecule has 4 atom stereocenters. The van der Waals surface area contributed by atoms with E-state index in [2.05, 4.69) is 5.32 Å². The molecule has 2 aromatic rings. The lowest BCUT2D eigenvalue weighted by atomic mass is 9.80. The fraction of sp³-hybridized carbons (Fsp3) is 0.385. The second kappa shape index (κ2) is 14.2. The number of esters is 2. The molecule has 1 N–H and O–H groups in total. The Balaban J connectivity index is 1.65. The number of amides is 2. The second-order valence-corrected chi connectivity index (χ2v) is 9.61. The number of alkyl carbamates (subject to hydrolysis) is 1. The maximum atomic E-state index is 13.1. The third-order valence-corrected chi connectivity index (χ3v) is 6.85. The minimum Gasteiger partial charge on any atom is -0.466 e. The number of alkyl halides is 1. The summed E-state index contributed by atoms with van der Waals surface area (Å²) in [5.41, 5.74) is -1.81. The van der Waals surface area contributed by atoms with Crippen LogP contribution in [0.5, 0.6) is 0 Å². The number of β-lactam (4-membered cyclic amide) rings is 1. The van der Waals surface area contributed by atoms with E-state index in [9.17, 15) is 39.4 Å². The monoisotopic (exact) mass is 606 g/mol. The molecule has 1 saturated heterocycles. The summed E-state index contributed by atoms with van der Waals surface area (Å²) in [6.07, 6.45) is -0.884. The first-order valence-electron chi connectivity index (χ1n) is 12.6. The number of carbonyl (C=O) groups is 4. The van der Waals surface area contributed by atoms with E-state index in [1.807, 2.05) is 0 Å². The van der Waals surface area contributed by atoms with Gasteiger partial charge in [-0.1, -0.05) is 35.9 Å². The molecule has 3 rings (SSSR count). The van der Waals surface area contributed by atoms with Crippen LogP contribution in [0.2, 0.25) is 0 Å². The Kier molecular flexibility index (Phi) is 10.7. The predicted molar refractivity (Wildman–Crippen MR) is 144 cm³/mol. The quantitative estimate of drug-likeness (QED) is 0.0668. The van der Waals surface area contributed by atoms with Crippen molar-refractivity contribution >= 4 is 46.9 Å². The minimum absolute atomic E-state index is 0.0634. The number of likely N-dealkylation sites (tertiary alicyclic amines) is 1. The average molecular weight is 607 g/mol. The molecular formula is C26H27ClN4O11. The van der Waals surface area contributed by atoms with Gasteiger partial charge in [-0.05, 0) is 19.1 Å². The number of nitro groups is 2. The topological polar surface area (TPSA) is 198 Å². The minimum atomic E-state index is -1.61. The lowest BCUT2D eigenvalue weighted by Gasteiger charge is -2.50. The smallest absolute Gasteiger partial charge is 0.407 e. The van der Waals surface area contributed by atoms with Crippen molar-refractivity contribution in [2.75, 3.05) is 6.61 Å². The van der Waals surface area contributed by atoms with Crippen LogP contribution in [0.15, 0.2) is 48.5 Å². The number of carbonyl (C=O) groups excluding carboxylic acids is 4. The Morgan fingerprint density at radius 2 is 1.48 bits per heavy atom. The van der Waals surface area contributed by atoms with Gasteiger partial charge < -0.3 is 24.4 Å². The normalized spacial score (nSPS) is 17.3. The number of ether oxygens (including phenoxy) is 3. The van der Waals surface area contributed by atoms with Crippen molar-refractivity contribution in [3.05, 3.63) is 79.9 Å². The van der Waals surface area contributed by atoms with E-state index in [1.54, 1.807) is 6.07 Å². The van der Waals surface area contributed by atoms with Gasteiger partial charge in [0.2, 0.25) is 11.4 Å². The van der Waals surface area contributed by atoms with Crippen molar-refractivity contribution < 1.29 is 43.2 Å². The lowest BCUT2D eigenvalue weighted by Crippen LogP contribution is -2.69. The van der Waals surface area contributed by atoms with Crippen molar-refractivity contribution in [3.63, 3.8) is 0 Å². The molecule has 1 heterocycles. The molecule has 0 saturated carbocycles. The van der Waals surface area contributed by atoms with Crippen LogP contribution in [0.1, 0.15) is 31.4 Å². The SMILES string of the molecule is CC(=O)OCC[C@H]1[C@H](C(C)NC(=O)OCc2ccccc2[N+](=O)[O-])C(=O)N1C(Cl)C(=O)OCc1ccccc1[N+](=O)[O-]. The fourth-order valence-corrected chi connectivity index (χ4v) is 4.78. The highest BCUT2D eigenvalue weighted by Crippen LogP contribution is 2.36. The van der Waals surface area contributed by atoms with Crippen molar-refractivity contribution in [1.82, 2.24) is 10.2 Å². The molecule has 2 amide bonds. The molecule has 0 bridgehead atoms. The molecule has 0 radical (unpaired) electrons. The molecule has 0 spiro atoms. The van der Waals surface area contributed by atoms with Gasteiger partial charge in [0, 0.05) is 31.5 Å². The summed E-state index contributed by atoms with van der Waals surface area (Å²) in [6.45, 7) is 1.73. The summed E-state index contributed by atoms with van der Waals surface area (Å²) in [4.78, 5) is 71.7. The molecule has 0 aromatic heterocycles. The maximum Gasteiger partial charge on any atom is 0.407 e. The molecule has 1 aliphatic rings. The Labute approximate surface area is 243 Å². The lowest BCUT2D eigenvalue weighted by molar-refractivity contribution is -0.386. The van der Waals surface area contributed by atoms with Crippen molar-refractivity contribution in [3.8, 4) is 0 Å². The fourth-order valence-electron chi connectivity index (χ4n) is 4.47. The third-order valence-electron chi connectivity index (χ3n) is 6.46. The number of halogens is 1. The molecule has 224 valence electrons. The van der Waals surface area contributed by atoms with E-state index in [0.717, 1.165) is 4.90 Å². The van der Waals surface area contributed by atoms with Gasteiger partial charge in [-0.3, -0.25) is 29.8 Å². The highest BCUT2D eigenvalue weighted by molar-refractivity contribution is 6.30. The van der Waals surface area contributed by atoms with Gasteiger partial charge in [-0.15, -0.1) is 0 Å². The van der Waals surface area contributed by atoms with E-state index in [0.29, 0.717) is 0 Å². The molecule has 15 nitrogen and oxygen atoms in total. The summed E-state index contributed by atoms with van der Waals surface area (Å²) >= 11 is 6.29. The van der Waals surface area contributed by atoms with Gasteiger partial charge in [-0.25, -0.2) is 9.59 Å². The Morgan fingerprint density at radius 3 is 2.00 bits per heavy atom. The Hall–Kier alpha value is -4.79. The van der Waals surface area contributed by atoms with Crippen LogP contribution in [0.25, 0.3) is 0 Å². The van der Waals surface area contributed by atoms with E-state index in [4.69, 9.17) is 25.8 Å². The van der Waals surface area contributed by atoms with Crippen LogP contribution in [-0.2, 0) is 41.8 Å². The van der Waals surface area contributed by atoms with Gasteiger partial charge in [0.05, 0.1) is 39.5 Å². The number of hydrogen-bond donors (Lipinski definition) is 1. The number of nitrogens with zero attached hydrogens (tertiary/aromatic N) is 3. The molecular weight excluding hydrogens is 580 g/mol. The summed E-state index contributed by atoms with van der Waals surface area (Å²) in [5.74, 6) is -3.12. The number of nitro benzene ring substituents is 2. The standard InChI is InChI=1S/C26H27ClN4O11/c1-15(28-26(35)42-14-18-8-4-6-10-20(18)31(38)39)22-21(11-12-40-16(2)32)29(24(22)33)23(27)25(34)41-13-17-7-3-5-9-19(17)30(36)37/h3-10,15,21-23H,11-14H2,1-2H3,(H,28,35)/t15?,21-,22-,23?/m0/s1. The first-order chi connectivity index (χ1) is 19.9. The van der Waals surface area contributed by atoms with Crippen LogP contribution < -0.4 is 5.32 Å². The van der Waals surface area contributed by atoms with Crippen molar-refractivity contribution in [1.29, 1.82) is 0 Å². The van der Waals surface area contributed by atoms with E-state index in [1.165, 1.54) is 56.3 Å². The molecule has 1 aliphatic heterocycles. The highest BCUT2D eigenvalue weighted by atomic mass is 35.5.